The molecule has 0 saturated carbocycles. The van der Waals surface area contributed by atoms with Gasteiger partial charge in [0.1, 0.15) is 22.6 Å². The van der Waals surface area contributed by atoms with Crippen molar-refractivity contribution in [3.8, 4) is 11.5 Å². The molecule has 0 aliphatic carbocycles. The van der Waals surface area contributed by atoms with E-state index in [1.165, 1.54) is 23.5 Å². The number of fused-ring (bicyclic) bond motifs is 1. The Labute approximate surface area is 319 Å². The fourth-order valence-corrected chi connectivity index (χ4v) is 13.8. The van der Waals surface area contributed by atoms with Gasteiger partial charge in [-0.1, -0.05) is 107 Å². The van der Waals surface area contributed by atoms with Gasteiger partial charge >= 0.3 is 5.97 Å². The summed E-state index contributed by atoms with van der Waals surface area (Å²) in [5.41, 5.74) is 1.44. The molecule has 1 saturated heterocycles. The summed E-state index contributed by atoms with van der Waals surface area (Å²) in [6.07, 6.45) is 2.24. The number of carbonyl (C=O) groups excluding carboxylic acids is 1. The number of imidazole rings is 1. The quantitative estimate of drug-likeness (QED) is 0.0993. The van der Waals surface area contributed by atoms with Gasteiger partial charge in [0.15, 0.2) is 10.8 Å². The van der Waals surface area contributed by atoms with Crippen molar-refractivity contribution in [1.82, 2.24) is 19.5 Å². The first kappa shape index (κ1) is 38.3. The predicted octanol–water partition coefficient (Wildman–Crippen LogP) is 7.15. The molecule has 1 fully saturated rings. The topological polar surface area (TPSA) is 138 Å². The molecule has 2 aromatic heterocycles. The van der Waals surface area contributed by atoms with Gasteiger partial charge in [-0.2, -0.15) is 9.97 Å². The molecule has 1 aliphatic heterocycles. The molecular weight excluding hydrogens is 730 g/mol. The fraction of sp³-hybridized carbons (Fsp3) is 0.359. The summed E-state index contributed by atoms with van der Waals surface area (Å²) < 4.78 is 21.0. The number of hydrogen-bond acceptors (Lipinski definition) is 9. The number of anilines is 1. The smallest absolute Gasteiger partial charge is 0.339 e. The molecule has 2 N–H and O–H groups in total. The number of ether oxygens (including phenoxy) is 2. The van der Waals surface area contributed by atoms with Crippen molar-refractivity contribution in [2.24, 2.45) is 5.92 Å². The van der Waals surface area contributed by atoms with E-state index < -0.39 is 14.3 Å². The van der Waals surface area contributed by atoms with Crippen molar-refractivity contribution in [2.45, 2.75) is 62.6 Å². The Morgan fingerprint density at radius 3 is 2.19 bits per heavy atom. The van der Waals surface area contributed by atoms with Crippen LogP contribution in [-0.4, -0.2) is 70.9 Å². The number of halogens is 1. The largest absolute Gasteiger partial charge is 0.496 e. The van der Waals surface area contributed by atoms with Crippen LogP contribution in [0.3, 0.4) is 0 Å². The van der Waals surface area contributed by atoms with E-state index in [2.05, 4.69) is 84.6 Å². The number of benzene rings is 3. The van der Waals surface area contributed by atoms with Crippen LogP contribution in [0.15, 0.2) is 79.1 Å². The highest BCUT2D eigenvalue weighted by atomic mass is 35.5. The zero-order valence-electron chi connectivity index (χ0n) is 30.8. The van der Waals surface area contributed by atoms with E-state index in [1.54, 1.807) is 45.1 Å². The second-order valence-corrected chi connectivity index (χ2v) is 20.4. The van der Waals surface area contributed by atoms with Crippen molar-refractivity contribution in [1.29, 1.82) is 0 Å². The number of carbonyl (C=O) groups is 2. The highest BCUT2D eigenvalue weighted by Crippen LogP contribution is 2.56. The van der Waals surface area contributed by atoms with E-state index >= 15 is 0 Å². The SMILES string of the molecule is COc1ccc(C(=O)O)c(OC)c1[C@H]1C[C@@H](CO[Si](c2ccccc2)(c2ccccc2)C(C)(C)C)SC1n1cnc2c(Cl)nc(NC(=O)C(C)C)nc21. The van der Waals surface area contributed by atoms with E-state index in [-0.39, 0.29) is 55.8 Å². The van der Waals surface area contributed by atoms with Crippen LogP contribution >= 0.6 is 23.4 Å². The van der Waals surface area contributed by atoms with Crippen molar-refractivity contribution >= 4 is 71.0 Å². The summed E-state index contributed by atoms with van der Waals surface area (Å²) in [6.45, 7) is 10.7. The third kappa shape index (κ3) is 7.27. The Hall–Kier alpha value is -4.43. The Bertz CT molecular complexity index is 2070. The highest BCUT2D eigenvalue weighted by Gasteiger charge is 2.51. The lowest BCUT2D eigenvalue weighted by Crippen LogP contribution is -2.67. The van der Waals surface area contributed by atoms with Gasteiger partial charge in [-0.15, -0.1) is 11.8 Å². The average Bonchev–Trinajstić information content (AvgIpc) is 3.75. The molecule has 3 heterocycles. The predicted molar refractivity (Wildman–Crippen MR) is 212 cm³/mol. The molecule has 3 aromatic carbocycles. The minimum absolute atomic E-state index is 0.0265. The van der Waals surface area contributed by atoms with E-state index in [0.717, 1.165) is 0 Å². The van der Waals surface area contributed by atoms with Crippen LogP contribution in [0.2, 0.25) is 10.2 Å². The number of carboxylic acids is 1. The summed E-state index contributed by atoms with van der Waals surface area (Å²) in [5.74, 6) is -1.22. The van der Waals surface area contributed by atoms with Gasteiger partial charge in [-0.3, -0.25) is 10.1 Å². The van der Waals surface area contributed by atoms with Gasteiger partial charge in [0.05, 0.1) is 25.9 Å². The summed E-state index contributed by atoms with van der Waals surface area (Å²) in [7, 11) is 0.138. The molecule has 0 spiro atoms. The monoisotopic (exact) mass is 773 g/mol. The minimum atomic E-state index is -2.89. The van der Waals surface area contributed by atoms with Gasteiger partial charge in [0.25, 0.3) is 8.32 Å². The Kier molecular flexibility index (Phi) is 11.2. The molecule has 3 atom stereocenters. The van der Waals surface area contributed by atoms with E-state index in [9.17, 15) is 14.7 Å². The molecule has 278 valence electrons. The molecule has 14 heteroatoms. The summed E-state index contributed by atoms with van der Waals surface area (Å²) in [6, 6.07) is 24.1. The molecule has 1 aliphatic rings. The van der Waals surface area contributed by atoms with Crippen LogP contribution in [0.5, 0.6) is 11.5 Å². The van der Waals surface area contributed by atoms with Crippen LogP contribution in [0.1, 0.15) is 68.3 Å². The Morgan fingerprint density at radius 2 is 1.64 bits per heavy atom. The average molecular weight is 774 g/mol. The second-order valence-electron chi connectivity index (χ2n) is 14.3. The number of amides is 1. The fourth-order valence-electron chi connectivity index (χ4n) is 7.23. The molecule has 6 rings (SSSR count). The standard InChI is InChI=1S/C39H44ClN5O6SSi/c1-23(2)35(46)44-38-42-33(40)31-34(43-38)45(22-41-31)36-28(30-29(49-6)19-18-27(37(47)48)32(30)50-7)20-24(52-36)21-51-53(39(3,4)5,25-14-10-8-11-15-25)26-16-12-9-13-17-26/h8-19,22-24,28,36H,20-21H2,1-7H3,(H,47,48)(H,42,43,44,46)/t24-,28+,36?/m0/s1. The number of thioether (sulfide) groups is 1. The van der Waals surface area contributed by atoms with Gasteiger partial charge in [0, 0.05) is 29.3 Å². The zero-order valence-corrected chi connectivity index (χ0v) is 33.4. The Morgan fingerprint density at radius 1 is 1.00 bits per heavy atom. The summed E-state index contributed by atoms with van der Waals surface area (Å²) in [5, 5.41) is 14.7. The number of methoxy groups -OCH3 is 2. The van der Waals surface area contributed by atoms with Crippen LogP contribution in [-0.2, 0) is 9.22 Å². The lowest BCUT2D eigenvalue weighted by atomic mass is 9.90. The maximum atomic E-state index is 12.6. The van der Waals surface area contributed by atoms with Gasteiger partial charge < -0.3 is 23.6 Å². The number of rotatable bonds is 12. The third-order valence-corrected chi connectivity index (χ3v) is 16.5. The molecular formula is C39H44ClN5O6SSi. The van der Waals surface area contributed by atoms with Gasteiger partial charge in [-0.25, -0.2) is 9.78 Å². The number of aromatic nitrogens is 4. The second kappa shape index (κ2) is 15.5. The van der Waals surface area contributed by atoms with Crippen LogP contribution in [0.25, 0.3) is 11.2 Å². The first-order valence-corrected chi connectivity index (χ1v) is 20.6. The molecule has 53 heavy (non-hydrogen) atoms. The third-order valence-electron chi connectivity index (χ3n) is 9.69. The number of carboxylic acid groups (broad SMARTS) is 1. The number of nitrogens with one attached hydrogen (secondary N) is 1. The number of hydrogen-bond donors (Lipinski definition) is 2. The first-order valence-electron chi connectivity index (χ1n) is 17.4. The maximum absolute atomic E-state index is 12.6. The zero-order chi connectivity index (χ0) is 38.1. The molecule has 1 amide bonds. The highest BCUT2D eigenvalue weighted by molar-refractivity contribution is 8.00. The lowest BCUT2D eigenvalue weighted by molar-refractivity contribution is -0.118. The minimum Gasteiger partial charge on any atom is -0.496 e. The molecule has 11 nitrogen and oxygen atoms in total. The first-order chi connectivity index (χ1) is 25.3. The van der Waals surface area contributed by atoms with Crippen LogP contribution in [0.4, 0.5) is 5.95 Å². The van der Waals surface area contributed by atoms with Crippen molar-refractivity contribution in [2.75, 3.05) is 26.1 Å². The summed E-state index contributed by atoms with van der Waals surface area (Å²) >= 11 is 8.31. The molecule has 0 bridgehead atoms. The molecule has 5 aromatic rings. The van der Waals surface area contributed by atoms with E-state index in [4.69, 9.17) is 30.5 Å². The van der Waals surface area contributed by atoms with Gasteiger partial charge in [0.2, 0.25) is 11.9 Å². The van der Waals surface area contributed by atoms with E-state index in [0.29, 0.717) is 35.5 Å². The molecule has 0 radical (unpaired) electrons. The van der Waals surface area contributed by atoms with E-state index in [1.807, 2.05) is 16.7 Å². The number of nitrogens with zero attached hydrogens (tertiary/aromatic N) is 4. The normalized spacial score (nSPS) is 17.6. The molecule has 1 unspecified atom stereocenters. The van der Waals surface area contributed by atoms with Crippen LogP contribution in [0, 0.1) is 5.92 Å². The summed E-state index contributed by atoms with van der Waals surface area (Å²) in [4.78, 5) is 38.7. The van der Waals surface area contributed by atoms with Crippen molar-refractivity contribution in [3.63, 3.8) is 0 Å². The van der Waals surface area contributed by atoms with Crippen LogP contribution < -0.4 is 25.2 Å². The maximum Gasteiger partial charge on any atom is 0.339 e. The van der Waals surface area contributed by atoms with Gasteiger partial charge in [-0.05, 0) is 34.0 Å². The lowest BCUT2D eigenvalue weighted by Gasteiger charge is -2.43. The van der Waals surface area contributed by atoms with Crippen molar-refractivity contribution in [3.05, 3.63) is 95.4 Å². The Balaban J connectivity index is 1.48. The van der Waals surface area contributed by atoms with Crippen molar-refractivity contribution < 1.29 is 28.6 Å². The number of aromatic carboxylic acids is 1.